The Morgan fingerprint density at radius 2 is 1.76 bits per heavy atom. The summed E-state index contributed by atoms with van der Waals surface area (Å²) in [4.78, 5) is 6.87. The minimum Gasteiger partial charge on any atom is -0.344 e. The van der Waals surface area contributed by atoms with E-state index in [0.717, 1.165) is 11.0 Å². The zero-order valence-corrected chi connectivity index (χ0v) is 14.0. The zero-order chi connectivity index (χ0) is 14.9. The maximum atomic E-state index is 11.5. The van der Waals surface area contributed by atoms with E-state index < -0.39 is 10.0 Å². The molecule has 1 saturated carbocycles. The van der Waals surface area contributed by atoms with Crippen LogP contribution in [0.3, 0.4) is 0 Å². The molecule has 0 radical (unpaired) electrons. The Kier molecular flexibility index (Phi) is 4.46. The van der Waals surface area contributed by atoms with E-state index in [1.807, 2.05) is 0 Å². The monoisotopic (exact) mass is 330 g/mol. The molecule has 3 rings (SSSR count). The van der Waals surface area contributed by atoms with Crippen LogP contribution in [0.25, 0.3) is 0 Å². The van der Waals surface area contributed by atoms with Crippen molar-refractivity contribution >= 4 is 26.7 Å². The summed E-state index contributed by atoms with van der Waals surface area (Å²) in [6, 6.07) is 0. The van der Waals surface area contributed by atoms with Crippen LogP contribution >= 0.6 is 11.5 Å². The summed E-state index contributed by atoms with van der Waals surface area (Å²) in [5.41, 5.74) is 0. The van der Waals surface area contributed by atoms with E-state index in [-0.39, 0.29) is 0 Å². The molecule has 2 heterocycles. The average Bonchev–Trinajstić information content (AvgIpc) is 2.97. The fraction of sp³-hybridized carbons (Fsp3) is 0.846. The van der Waals surface area contributed by atoms with Crippen molar-refractivity contribution in [3.05, 3.63) is 5.82 Å². The van der Waals surface area contributed by atoms with Gasteiger partial charge >= 0.3 is 0 Å². The Hall–Kier alpha value is -0.730. The van der Waals surface area contributed by atoms with E-state index in [2.05, 4.69) is 9.27 Å². The van der Waals surface area contributed by atoms with E-state index in [1.165, 1.54) is 54.2 Å². The number of anilines is 1. The van der Waals surface area contributed by atoms with Crippen LogP contribution in [0.2, 0.25) is 0 Å². The minimum atomic E-state index is -3.07. The predicted molar refractivity (Wildman–Crippen MR) is 84.4 cm³/mol. The Bertz CT molecular complexity index is 573. The molecule has 1 aromatic rings. The van der Waals surface area contributed by atoms with E-state index in [4.69, 9.17) is 4.98 Å². The number of hydrogen-bond donors (Lipinski definition) is 0. The summed E-state index contributed by atoms with van der Waals surface area (Å²) >= 11 is 1.46. The van der Waals surface area contributed by atoms with E-state index >= 15 is 0 Å². The van der Waals surface area contributed by atoms with Crippen LogP contribution < -0.4 is 4.90 Å². The smallest absolute Gasteiger partial charge is 0.211 e. The number of rotatable bonds is 3. The second-order valence-electron chi connectivity index (χ2n) is 5.92. The molecule has 0 aromatic carbocycles. The highest BCUT2D eigenvalue weighted by atomic mass is 32.2. The molecule has 0 spiro atoms. The molecule has 1 saturated heterocycles. The molecule has 118 valence electrons. The molecule has 0 amide bonds. The van der Waals surface area contributed by atoms with Gasteiger partial charge in [0.1, 0.15) is 5.82 Å². The van der Waals surface area contributed by atoms with Crippen molar-refractivity contribution < 1.29 is 8.42 Å². The summed E-state index contributed by atoms with van der Waals surface area (Å²) < 4.78 is 29.1. The summed E-state index contributed by atoms with van der Waals surface area (Å²) in [6.45, 7) is 2.48. The molecule has 2 aliphatic rings. The molecule has 1 aliphatic carbocycles. The van der Waals surface area contributed by atoms with Crippen molar-refractivity contribution in [1.82, 2.24) is 13.7 Å². The lowest BCUT2D eigenvalue weighted by Gasteiger charge is -2.32. The fourth-order valence-corrected chi connectivity index (χ4v) is 4.72. The standard InChI is InChI=1S/C13H22N4O2S2/c1-21(18,19)17-9-7-16(8-10-17)13-14-12(15-20-13)11-5-3-2-4-6-11/h11H,2-10H2,1H3. The van der Waals surface area contributed by atoms with Crippen LogP contribution in [0, 0.1) is 0 Å². The van der Waals surface area contributed by atoms with Gasteiger partial charge in [-0.3, -0.25) is 0 Å². The molecule has 0 atom stereocenters. The first-order valence-corrected chi connectivity index (χ1v) is 10.2. The highest BCUT2D eigenvalue weighted by molar-refractivity contribution is 7.88. The summed E-state index contributed by atoms with van der Waals surface area (Å²) in [6.07, 6.45) is 7.59. The topological polar surface area (TPSA) is 66.4 Å². The highest BCUT2D eigenvalue weighted by Crippen LogP contribution is 2.33. The number of sulfonamides is 1. The third-order valence-electron chi connectivity index (χ3n) is 4.38. The lowest BCUT2D eigenvalue weighted by Crippen LogP contribution is -2.48. The molecule has 2 fully saturated rings. The van der Waals surface area contributed by atoms with Gasteiger partial charge in [0.25, 0.3) is 0 Å². The number of piperazine rings is 1. The van der Waals surface area contributed by atoms with Crippen molar-refractivity contribution in [2.45, 2.75) is 38.0 Å². The van der Waals surface area contributed by atoms with Crippen molar-refractivity contribution in [2.75, 3.05) is 37.3 Å². The van der Waals surface area contributed by atoms with Gasteiger partial charge in [-0.1, -0.05) is 19.3 Å². The third kappa shape index (κ3) is 3.54. The van der Waals surface area contributed by atoms with Gasteiger partial charge in [0.2, 0.25) is 15.2 Å². The Labute approximate surface area is 130 Å². The molecule has 1 aromatic heterocycles. The largest absolute Gasteiger partial charge is 0.344 e. The van der Waals surface area contributed by atoms with E-state index in [0.29, 0.717) is 32.1 Å². The summed E-state index contributed by atoms with van der Waals surface area (Å²) in [5.74, 6) is 1.53. The lowest BCUT2D eigenvalue weighted by molar-refractivity contribution is 0.387. The molecular formula is C13H22N4O2S2. The second kappa shape index (κ2) is 6.18. The second-order valence-corrected chi connectivity index (χ2v) is 8.63. The first kappa shape index (κ1) is 15.2. The maximum absolute atomic E-state index is 11.5. The molecule has 0 N–H and O–H groups in total. The molecule has 0 bridgehead atoms. The van der Waals surface area contributed by atoms with E-state index in [9.17, 15) is 8.42 Å². The molecule has 1 aliphatic heterocycles. The van der Waals surface area contributed by atoms with Gasteiger partial charge in [0, 0.05) is 43.6 Å². The molecule has 21 heavy (non-hydrogen) atoms. The van der Waals surface area contributed by atoms with Gasteiger partial charge in [-0.2, -0.15) is 8.68 Å². The van der Waals surface area contributed by atoms with Gasteiger partial charge in [-0.15, -0.1) is 0 Å². The van der Waals surface area contributed by atoms with Crippen LogP contribution in [0.4, 0.5) is 5.13 Å². The SMILES string of the molecule is CS(=O)(=O)N1CCN(c2nc(C3CCCCC3)ns2)CC1. The van der Waals surface area contributed by atoms with Gasteiger partial charge < -0.3 is 4.90 Å². The Morgan fingerprint density at radius 1 is 1.10 bits per heavy atom. The van der Waals surface area contributed by atoms with Crippen molar-refractivity contribution in [1.29, 1.82) is 0 Å². The van der Waals surface area contributed by atoms with Crippen LogP contribution in [-0.4, -0.2) is 54.5 Å². The quantitative estimate of drug-likeness (QED) is 0.843. The number of aromatic nitrogens is 2. The Morgan fingerprint density at radius 3 is 2.38 bits per heavy atom. The van der Waals surface area contributed by atoms with Crippen molar-refractivity contribution in [3.8, 4) is 0 Å². The normalized spacial score (nSPS) is 22.6. The molecule has 6 nitrogen and oxygen atoms in total. The third-order valence-corrected chi connectivity index (χ3v) is 6.47. The van der Waals surface area contributed by atoms with Crippen LogP contribution in [0.15, 0.2) is 0 Å². The molecule has 8 heteroatoms. The first-order valence-electron chi connectivity index (χ1n) is 7.58. The number of hydrogen-bond acceptors (Lipinski definition) is 6. The summed E-state index contributed by atoms with van der Waals surface area (Å²) in [7, 11) is -3.07. The number of nitrogens with zero attached hydrogens (tertiary/aromatic N) is 4. The average molecular weight is 330 g/mol. The maximum Gasteiger partial charge on any atom is 0.211 e. The molecule has 0 unspecified atom stereocenters. The van der Waals surface area contributed by atoms with Crippen LogP contribution in [0.5, 0.6) is 0 Å². The minimum absolute atomic E-state index is 0.529. The van der Waals surface area contributed by atoms with Gasteiger partial charge in [-0.05, 0) is 12.8 Å². The predicted octanol–water partition coefficient (Wildman–Crippen LogP) is 1.67. The van der Waals surface area contributed by atoms with Crippen LogP contribution in [0.1, 0.15) is 43.8 Å². The van der Waals surface area contributed by atoms with Crippen LogP contribution in [-0.2, 0) is 10.0 Å². The fourth-order valence-electron chi connectivity index (χ4n) is 3.09. The highest BCUT2D eigenvalue weighted by Gasteiger charge is 2.26. The van der Waals surface area contributed by atoms with Crippen molar-refractivity contribution in [3.63, 3.8) is 0 Å². The lowest BCUT2D eigenvalue weighted by atomic mass is 9.89. The van der Waals surface area contributed by atoms with Gasteiger partial charge in [0.05, 0.1) is 6.26 Å². The zero-order valence-electron chi connectivity index (χ0n) is 12.4. The summed E-state index contributed by atoms with van der Waals surface area (Å²) in [5, 5.41) is 0.948. The van der Waals surface area contributed by atoms with E-state index in [1.54, 1.807) is 0 Å². The Balaban J connectivity index is 1.62. The first-order chi connectivity index (χ1) is 10.0. The van der Waals surface area contributed by atoms with Crippen molar-refractivity contribution in [2.24, 2.45) is 0 Å². The van der Waals surface area contributed by atoms with Gasteiger partial charge in [0.15, 0.2) is 0 Å². The van der Waals surface area contributed by atoms with Gasteiger partial charge in [-0.25, -0.2) is 13.4 Å². The molecular weight excluding hydrogens is 308 g/mol.